The molecule has 3 aromatic carbocycles. The maximum atomic E-state index is 12.9. The fraction of sp³-hybridized carbons (Fsp3) is 0.154. The van der Waals surface area contributed by atoms with Crippen molar-refractivity contribution < 1.29 is 4.79 Å². The van der Waals surface area contributed by atoms with Crippen molar-refractivity contribution in [1.82, 2.24) is 10.3 Å². The number of guanidine groups is 1. The molecule has 0 bridgehead atoms. The fourth-order valence-electron chi connectivity index (χ4n) is 3.63. The molecule has 0 saturated carbocycles. The largest absolute Gasteiger partial charge is 0.361 e. The lowest BCUT2D eigenvalue weighted by Crippen LogP contribution is -2.36. The second-order valence-electron chi connectivity index (χ2n) is 7.69. The number of hydrogen-bond donors (Lipinski definition) is 3. The summed E-state index contributed by atoms with van der Waals surface area (Å²) in [5.74, 6) is 0.205. The first-order chi connectivity index (χ1) is 15.5. The Morgan fingerprint density at radius 1 is 1.00 bits per heavy atom. The predicted molar refractivity (Wildman–Crippen MR) is 133 cm³/mol. The Hall–Kier alpha value is -3.57. The molecule has 6 heteroatoms. The average Bonchev–Trinajstić information content (AvgIpc) is 3.19. The topological polar surface area (TPSA) is 69.3 Å². The quantitative estimate of drug-likeness (QED) is 0.266. The highest BCUT2D eigenvalue weighted by atomic mass is 35.5. The van der Waals surface area contributed by atoms with Gasteiger partial charge in [0, 0.05) is 39.9 Å². The van der Waals surface area contributed by atoms with Gasteiger partial charge in [0.15, 0.2) is 0 Å². The van der Waals surface area contributed by atoms with Gasteiger partial charge in [0.1, 0.15) is 0 Å². The van der Waals surface area contributed by atoms with Crippen molar-refractivity contribution in [2.24, 2.45) is 4.99 Å². The first-order valence-corrected chi connectivity index (χ1v) is 10.9. The smallest absolute Gasteiger partial charge is 0.258 e. The molecule has 0 radical (unpaired) electrons. The highest BCUT2D eigenvalue weighted by Crippen LogP contribution is 2.20. The van der Waals surface area contributed by atoms with Crippen LogP contribution >= 0.6 is 11.6 Å². The van der Waals surface area contributed by atoms with Gasteiger partial charge < -0.3 is 10.3 Å². The second-order valence-corrected chi connectivity index (χ2v) is 8.13. The summed E-state index contributed by atoms with van der Waals surface area (Å²) in [4.78, 5) is 20.9. The van der Waals surface area contributed by atoms with E-state index in [1.807, 2.05) is 74.6 Å². The van der Waals surface area contributed by atoms with E-state index in [-0.39, 0.29) is 5.91 Å². The van der Waals surface area contributed by atoms with Crippen LogP contribution in [-0.4, -0.2) is 23.4 Å². The van der Waals surface area contributed by atoms with Crippen molar-refractivity contribution in [1.29, 1.82) is 0 Å². The lowest BCUT2D eigenvalue weighted by molar-refractivity contribution is 0.0976. The van der Waals surface area contributed by atoms with Crippen LogP contribution in [0.25, 0.3) is 10.9 Å². The zero-order valence-electron chi connectivity index (χ0n) is 18.1. The van der Waals surface area contributed by atoms with E-state index in [9.17, 15) is 4.79 Å². The number of aromatic nitrogens is 1. The summed E-state index contributed by atoms with van der Waals surface area (Å²) in [5.41, 5.74) is 5.63. The molecular formula is C26H25ClN4O. The number of para-hydroxylation sites is 1. The molecule has 4 aromatic rings. The van der Waals surface area contributed by atoms with Gasteiger partial charge in [-0.25, -0.2) is 0 Å². The summed E-state index contributed by atoms with van der Waals surface area (Å²) in [6.07, 6.45) is 2.76. The number of carbonyl (C=O) groups is 1. The highest BCUT2D eigenvalue weighted by molar-refractivity contribution is 6.30. The van der Waals surface area contributed by atoms with Crippen LogP contribution in [0.1, 0.15) is 27.0 Å². The van der Waals surface area contributed by atoms with Gasteiger partial charge in [-0.1, -0.05) is 48.0 Å². The van der Waals surface area contributed by atoms with E-state index in [4.69, 9.17) is 11.6 Å². The molecule has 5 nitrogen and oxygen atoms in total. The Bertz CT molecular complexity index is 1290. The number of amides is 1. The molecule has 1 amide bonds. The number of fused-ring (bicyclic) bond motifs is 1. The summed E-state index contributed by atoms with van der Waals surface area (Å²) in [7, 11) is 0. The minimum Gasteiger partial charge on any atom is -0.361 e. The van der Waals surface area contributed by atoms with Gasteiger partial charge in [-0.3, -0.25) is 15.1 Å². The van der Waals surface area contributed by atoms with Gasteiger partial charge in [0.05, 0.1) is 0 Å². The number of hydrogen-bond acceptors (Lipinski definition) is 2. The summed E-state index contributed by atoms with van der Waals surface area (Å²) < 4.78 is 0. The Balaban J connectivity index is 1.55. The van der Waals surface area contributed by atoms with Gasteiger partial charge in [0.25, 0.3) is 5.91 Å². The van der Waals surface area contributed by atoms with Crippen molar-refractivity contribution in [3.05, 3.63) is 100 Å². The number of aliphatic imine (C=N–C) groups is 1. The molecular weight excluding hydrogens is 420 g/mol. The maximum Gasteiger partial charge on any atom is 0.258 e. The highest BCUT2D eigenvalue weighted by Gasteiger charge is 2.12. The number of rotatable bonds is 5. The second kappa shape index (κ2) is 9.71. The molecule has 0 aliphatic heterocycles. The van der Waals surface area contributed by atoms with Crippen molar-refractivity contribution in [3.63, 3.8) is 0 Å². The Labute approximate surface area is 192 Å². The van der Waals surface area contributed by atoms with Crippen LogP contribution in [0.5, 0.6) is 0 Å². The molecule has 0 saturated heterocycles. The molecule has 0 spiro atoms. The van der Waals surface area contributed by atoms with E-state index >= 15 is 0 Å². The Morgan fingerprint density at radius 3 is 2.59 bits per heavy atom. The number of nitrogens with zero attached hydrogens (tertiary/aromatic N) is 1. The summed E-state index contributed by atoms with van der Waals surface area (Å²) in [6, 6.07) is 21.3. The summed E-state index contributed by atoms with van der Waals surface area (Å²) in [6.45, 7) is 4.39. The van der Waals surface area contributed by atoms with Crippen LogP contribution in [0.4, 0.5) is 5.69 Å². The zero-order valence-corrected chi connectivity index (χ0v) is 18.8. The number of aromatic amines is 1. The monoisotopic (exact) mass is 444 g/mol. The average molecular weight is 445 g/mol. The van der Waals surface area contributed by atoms with Crippen molar-refractivity contribution in [2.75, 3.05) is 11.9 Å². The van der Waals surface area contributed by atoms with E-state index in [2.05, 4.69) is 32.7 Å². The third kappa shape index (κ3) is 5.01. The normalized spacial score (nSPS) is 11.5. The van der Waals surface area contributed by atoms with Gasteiger partial charge in [-0.15, -0.1) is 0 Å². The van der Waals surface area contributed by atoms with E-state index in [1.54, 1.807) is 0 Å². The molecule has 162 valence electrons. The molecule has 0 aliphatic rings. The van der Waals surface area contributed by atoms with Crippen molar-refractivity contribution in [2.45, 2.75) is 20.3 Å². The molecule has 0 aliphatic carbocycles. The predicted octanol–water partition coefficient (Wildman–Crippen LogP) is 5.88. The first-order valence-electron chi connectivity index (χ1n) is 10.5. The van der Waals surface area contributed by atoms with Crippen molar-refractivity contribution >= 4 is 40.1 Å². The molecule has 3 N–H and O–H groups in total. The SMILES string of the molecule is Cc1cc(Cl)ccc1NC(=NCCc1c[nH]c2ccccc12)NC(=O)c1ccccc1C. The van der Waals surface area contributed by atoms with Crippen LogP contribution in [-0.2, 0) is 6.42 Å². The number of aryl methyl sites for hydroxylation is 2. The van der Waals surface area contributed by atoms with Gasteiger partial charge in [-0.2, -0.15) is 0 Å². The number of H-pyrrole nitrogens is 1. The lowest BCUT2D eigenvalue weighted by Gasteiger charge is -2.14. The van der Waals surface area contributed by atoms with Gasteiger partial charge in [0.2, 0.25) is 5.96 Å². The molecule has 4 rings (SSSR count). The van der Waals surface area contributed by atoms with Crippen LogP contribution in [0, 0.1) is 13.8 Å². The summed E-state index contributed by atoms with van der Waals surface area (Å²) in [5, 5.41) is 8.06. The molecule has 1 heterocycles. The molecule has 0 unspecified atom stereocenters. The van der Waals surface area contributed by atoms with Crippen LogP contribution in [0.2, 0.25) is 5.02 Å². The summed E-state index contributed by atoms with van der Waals surface area (Å²) >= 11 is 6.09. The van der Waals surface area contributed by atoms with Crippen molar-refractivity contribution in [3.8, 4) is 0 Å². The zero-order chi connectivity index (χ0) is 22.5. The minimum absolute atomic E-state index is 0.201. The van der Waals surface area contributed by atoms with Crippen LogP contribution < -0.4 is 10.6 Å². The fourth-order valence-corrected chi connectivity index (χ4v) is 3.86. The molecule has 1 aromatic heterocycles. The minimum atomic E-state index is -0.201. The van der Waals surface area contributed by atoms with Gasteiger partial charge >= 0.3 is 0 Å². The van der Waals surface area contributed by atoms with E-state index < -0.39 is 0 Å². The molecule has 0 fully saturated rings. The van der Waals surface area contributed by atoms with Crippen LogP contribution in [0.3, 0.4) is 0 Å². The lowest BCUT2D eigenvalue weighted by atomic mass is 10.1. The van der Waals surface area contributed by atoms with E-state index in [0.29, 0.717) is 23.1 Å². The third-order valence-electron chi connectivity index (χ3n) is 5.39. The van der Waals surface area contributed by atoms with Crippen LogP contribution in [0.15, 0.2) is 77.9 Å². The Morgan fingerprint density at radius 2 is 1.78 bits per heavy atom. The number of benzene rings is 3. The first kappa shape index (κ1) is 21.7. The van der Waals surface area contributed by atoms with Gasteiger partial charge in [-0.05, 0) is 67.3 Å². The third-order valence-corrected chi connectivity index (χ3v) is 5.62. The molecule has 32 heavy (non-hydrogen) atoms. The maximum absolute atomic E-state index is 12.9. The molecule has 0 atom stereocenters. The number of anilines is 1. The number of halogens is 1. The Kier molecular flexibility index (Phi) is 6.57. The number of carbonyl (C=O) groups excluding carboxylic acids is 1. The van der Waals surface area contributed by atoms with E-state index in [1.165, 1.54) is 10.9 Å². The number of nitrogens with one attached hydrogen (secondary N) is 3. The standard InChI is InChI=1S/C26H25ClN4O/c1-17-7-3-4-8-21(17)25(32)31-26(30-23-12-11-20(27)15-18(23)2)28-14-13-19-16-29-24-10-6-5-9-22(19)24/h3-12,15-16,29H,13-14H2,1-2H3,(H2,28,30,31,32). The van der Waals surface area contributed by atoms with E-state index in [0.717, 1.165) is 28.8 Å².